The Bertz CT molecular complexity index is 333. The third-order valence-corrected chi connectivity index (χ3v) is 2.72. The maximum absolute atomic E-state index is 11.4. The first-order valence-corrected chi connectivity index (χ1v) is 6.33. The fourth-order valence-electron chi connectivity index (χ4n) is 1.65. The average molecular weight is 234 g/mol. The Morgan fingerprint density at radius 2 is 1.94 bits per heavy atom. The average Bonchev–Trinajstić information content (AvgIpc) is 2.32. The van der Waals surface area contributed by atoms with E-state index in [0.29, 0.717) is 13.0 Å². The predicted molar refractivity (Wildman–Crippen MR) is 71.7 cm³/mol. The number of carbonyl (C=O) groups excluding carboxylic acids is 1. The van der Waals surface area contributed by atoms with E-state index < -0.39 is 0 Å². The van der Waals surface area contributed by atoms with E-state index in [9.17, 15) is 4.79 Å². The summed E-state index contributed by atoms with van der Waals surface area (Å²) in [5.74, 6) is 0.161. The van der Waals surface area contributed by atoms with Crippen LogP contribution in [0.15, 0.2) is 24.3 Å². The van der Waals surface area contributed by atoms with Gasteiger partial charge in [-0.25, -0.2) is 0 Å². The van der Waals surface area contributed by atoms with Crippen molar-refractivity contribution in [3.63, 3.8) is 0 Å². The zero-order chi connectivity index (χ0) is 12.5. The summed E-state index contributed by atoms with van der Waals surface area (Å²) in [5, 5.41) is 2.93. The first-order valence-electron chi connectivity index (χ1n) is 6.33. The number of carbonyl (C=O) groups is 1. The van der Waals surface area contributed by atoms with Gasteiger partial charge in [-0.1, -0.05) is 31.9 Å². The number of nitrogens with one attached hydrogen (secondary N) is 1. The van der Waals surface area contributed by atoms with Crippen LogP contribution in [0.25, 0.3) is 0 Å². The van der Waals surface area contributed by atoms with E-state index in [1.807, 2.05) is 24.3 Å². The van der Waals surface area contributed by atoms with Crippen molar-refractivity contribution >= 4 is 11.6 Å². The standard InChI is InChI=1S/C14H22N2O/c1-2-3-4-5-14(17)16-11-10-12-6-8-13(15)9-7-12/h6-9H,2-5,10-11,15H2,1H3,(H,16,17). The summed E-state index contributed by atoms with van der Waals surface area (Å²) in [7, 11) is 0. The van der Waals surface area contributed by atoms with E-state index in [1.54, 1.807) is 0 Å². The number of hydrogen-bond donors (Lipinski definition) is 2. The zero-order valence-corrected chi connectivity index (χ0v) is 10.5. The second-order valence-electron chi connectivity index (χ2n) is 4.30. The molecule has 1 amide bonds. The summed E-state index contributed by atoms with van der Waals surface area (Å²) in [5.41, 5.74) is 7.58. The summed E-state index contributed by atoms with van der Waals surface area (Å²) in [4.78, 5) is 11.4. The smallest absolute Gasteiger partial charge is 0.220 e. The first-order chi connectivity index (χ1) is 8.22. The van der Waals surface area contributed by atoms with Crippen LogP contribution in [-0.2, 0) is 11.2 Å². The van der Waals surface area contributed by atoms with Gasteiger partial charge in [0, 0.05) is 18.7 Å². The third kappa shape index (κ3) is 5.95. The van der Waals surface area contributed by atoms with Gasteiger partial charge in [0.25, 0.3) is 0 Å². The molecule has 0 saturated heterocycles. The first kappa shape index (κ1) is 13.6. The van der Waals surface area contributed by atoms with Crippen molar-refractivity contribution in [1.82, 2.24) is 5.32 Å². The van der Waals surface area contributed by atoms with Gasteiger partial charge in [-0.15, -0.1) is 0 Å². The second kappa shape index (κ2) is 7.71. The van der Waals surface area contributed by atoms with Gasteiger partial charge in [0.15, 0.2) is 0 Å². The fourth-order valence-corrected chi connectivity index (χ4v) is 1.65. The molecule has 0 spiro atoms. The van der Waals surface area contributed by atoms with Gasteiger partial charge in [0.2, 0.25) is 5.91 Å². The highest BCUT2D eigenvalue weighted by Crippen LogP contribution is 2.05. The van der Waals surface area contributed by atoms with Crippen LogP contribution in [0, 0.1) is 0 Å². The molecule has 0 aliphatic carbocycles. The molecular weight excluding hydrogens is 212 g/mol. The lowest BCUT2D eigenvalue weighted by atomic mass is 10.1. The van der Waals surface area contributed by atoms with Crippen molar-refractivity contribution < 1.29 is 4.79 Å². The van der Waals surface area contributed by atoms with Crippen LogP contribution in [0.1, 0.15) is 38.2 Å². The van der Waals surface area contributed by atoms with E-state index in [0.717, 1.165) is 31.4 Å². The van der Waals surface area contributed by atoms with E-state index in [-0.39, 0.29) is 5.91 Å². The molecule has 0 unspecified atom stereocenters. The molecule has 1 rings (SSSR count). The van der Waals surface area contributed by atoms with Gasteiger partial charge in [-0.3, -0.25) is 4.79 Å². The van der Waals surface area contributed by atoms with Crippen LogP contribution in [0.4, 0.5) is 5.69 Å². The van der Waals surface area contributed by atoms with Crippen LogP contribution in [-0.4, -0.2) is 12.5 Å². The Morgan fingerprint density at radius 1 is 1.24 bits per heavy atom. The van der Waals surface area contributed by atoms with Crippen molar-refractivity contribution in [2.45, 2.75) is 39.0 Å². The highest BCUT2D eigenvalue weighted by atomic mass is 16.1. The van der Waals surface area contributed by atoms with Crippen LogP contribution >= 0.6 is 0 Å². The van der Waals surface area contributed by atoms with Crippen LogP contribution in [0.5, 0.6) is 0 Å². The Hall–Kier alpha value is -1.51. The number of hydrogen-bond acceptors (Lipinski definition) is 2. The van der Waals surface area contributed by atoms with E-state index in [1.165, 1.54) is 5.56 Å². The molecule has 0 aromatic heterocycles. The lowest BCUT2D eigenvalue weighted by Crippen LogP contribution is -2.25. The highest BCUT2D eigenvalue weighted by Gasteiger charge is 2.00. The number of benzene rings is 1. The third-order valence-electron chi connectivity index (χ3n) is 2.72. The number of anilines is 1. The van der Waals surface area contributed by atoms with Crippen LogP contribution in [0.3, 0.4) is 0 Å². The summed E-state index contributed by atoms with van der Waals surface area (Å²) < 4.78 is 0. The highest BCUT2D eigenvalue weighted by molar-refractivity contribution is 5.75. The number of amides is 1. The molecule has 3 heteroatoms. The van der Waals surface area contributed by atoms with Crippen molar-refractivity contribution in [1.29, 1.82) is 0 Å². The Labute approximate surface area is 103 Å². The summed E-state index contributed by atoms with van der Waals surface area (Å²) in [6.07, 6.45) is 4.78. The Morgan fingerprint density at radius 3 is 2.59 bits per heavy atom. The van der Waals surface area contributed by atoms with E-state index >= 15 is 0 Å². The quantitative estimate of drug-likeness (QED) is 0.562. The van der Waals surface area contributed by atoms with Gasteiger partial charge in [-0.2, -0.15) is 0 Å². The Balaban J connectivity index is 2.14. The summed E-state index contributed by atoms with van der Waals surface area (Å²) in [6, 6.07) is 7.77. The van der Waals surface area contributed by atoms with Gasteiger partial charge in [0.1, 0.15) is 0 Å². The summed E-state index contributed by atoms with van der Waals surface area (Å²) in [6.45, 7) is 2.84. The van der Waals surface area contributed by atoms with Crippen molar-refractivity contribution in [3.05, 3.63) is 29.8 Å². The molecule has 0 aliphatic heterocycles. The molecule has 0 atom stereocenters. The lowest BCUT2D eigenvalue weighted by Gasteiger charge is -2.05. The number of rotatable bonds is 7. The molecule has 0 aliphatic rings. The van der Waals surface area contributed by atoms with Crippen molar-refractivity contribution in [2.75, 3.05) is 12.3 Å². The minimum absolute atomic E-state index is 0.161. The lowest BCUT2D eigenvalue weighted by molar-refractivity contribution is -0.121. The Kier molecular flexibility index (Phi) is 6.15. The maximum Gasteiger partial charge on any atom is 0.220 e. The molecule has 1 aromatic rings. The van der Waals surface area contributed by atoms with E-state index in [4.69, 9.17) is 5.73 Å². The largest absolute Gasteiger partial charge is 0.399 e. The molecule has 0 saturated carbocycles. The molecule has 17 heavy (non-hydrogen) atoms. The molecule has 3 nitrogen and oxygen atoms in total. The molecule has 0 heterocycles. The molecule has 3 N–H and O–H groups in total. The second-order valence-corrected chi connectivity index (χ2v) is 4.30. The van der Waals surface area contributed by atoms with Gasteiger partial charge in [-0.05, 0) is 30.5 Å². The monoisotopic (exact) mass is 234 g/mol. The number of nitrogens with two attached hydrogens (primary N) is 1. The van der Waals surface area contributed by atoms with E-state index in [2.05, 4.69) is 12.2 Å². The maximum atomic E-state index is 11.4. The SMILES string of the molecule is CCCCCC(=O)NCCc1ccc(N)cc1. The number of unbranched alkanes of at least 4 members (excludes halogenated alkanes) is 2. The van der Waals surface area contributed by atoms with Crippen LogP contribution in [0.2, 0.25) is 0 Å². The minimum atomic E-state index is 0.161. The molecule has 0 radical (unpaired) electrons. The molecule has 1 aromatic carbocycles. The molecule has 0 fully saturated rings. The van der Waals surface area contributed by atoms with Crippen molar-refractivity contribution in [3.8, 4) is 0 Å². The normalized spacial score (nSPS) is 10.2. The molecule has 94 valence electrons. The molecular formula is C14H22N2O. The van der Waals surface area contributed by atoms with Gasteiger partial charge in [0.05, 0.1) is 0 Å². The van der Waals surface area contributed by atoms with Crippen molar-refractivity contribution in [2.24, 2.45) is 0 Å². The topological polar surface area (TPSA) is 55.1 Å². The van der Waals surface area contributed by atoms with Crippen LogP contribution < -0.4 is 11.1 Å². The van der Waals surface area contributed by atoms with Gasteiger partial charge >= 0.3 is 0 Å². The minimum Gasteiger partial charge on any atom is -0.399 e. The summed E-state index contributed by atoms with van der Waals surface area (Å²) >= 11 is 0. The zero-order valence-electron chi connectivity index (χ0n) is 10.5. The number of nitrogen functional groups attached to an aromatic ring is 1. The molecule has 0 bridgehead atoms. The predicted octanol–water partition coefficient (Wildman–Crippen LogP) is 2.51. The fraction of sp³-hybridized carbons (Fsp3) is 0.500. The van der Waals surface area contributed by atoms with Gasteiger partial charge < -0.3 is 11.1 Å².